The maximum atomic E-state index is 13.5. The summed E-state index contributed by atoms with van der Waals surface area (Å²) < 4.78 is 40.6. The van der Waals surface area contributed by atoms with Crippen molar-refractivity contribution in [2.45, 2.75) is 17.6 Å². The van der Waals surface area contributed by atoms with Crippen LogP contribution in [0.5, 0.6) is 0 Å². The number of hydrogen-bond donors (Lipinski definition) is 2. The van der Waals surface area contributed by atoms with Crippen LogP contribution in [0.15, 0.2) is 34.5 Å². The zero-order valence-electron chi connectivity index (χ0n) is 11.1. The summed E-state index contributed by atoms with van der Waals surface area (Å²) in [6.45, 7) is 1.95. The van der Waals surface area contributed by atoms with Crippen molar-refractivity contribution >= 4 is 44.3 Å². The van der Waals surface area contributed by atoms with Crippen LogP contribution in [0.25, 0.3) is 0 Å². The minimum Gasteiger partial charge on any atom is -0.389 e. The van der Waals surface area contributed by atoms with Crippen molar-refractivity contribution < 1.29 is 12.8 Å². The van der Waals surface area contributed by atoms with Gasteiger partial charge in [0.05, 0.1) is 0 Å². The number of rotatable bonds is 5. The summed E-state index contributed by atoms with van der Waals surface area (Å²) >= 11 is 5.92. The molecule has 1 heterocycles. The van der Waals surface area contributed by atoms with E-state index in [-0.39, 0.29) is 20.4 Å². The molecule has 0 aliphatic rings. The van der Waals surface area contributed by atoms with Gasteiger partial charge in [-0.25, -0.2) is 12.8 Å². The van der Waals surface area contributed by atoms with Gasteiger partial charge in [0, 0.05) is 16.1 Å². The monoisotopic (exact) mass is 344 g/mol. The van der Waals surface area contributed by atoms with Crippen LogP contribution in [-0.2, 0) is 16.4 Å². The number of sulfonamides is 1. The zero-order chi connectivity index (χ0) is 15.6. The molecule has 0 aliphatic heterocycles. The van der Waals surface area contributed by atoms with Gasteiger partial charge < -0.3 is 5.73 Å². The molecule has 0 saturated carbocycles. The summed E-state index contributed by atoms with van der Waals surface area (Å²) in [7, 11) is -3.70. The number of hydrogen-bond acceptors (Lipinski definition) is 4. The normalized spacial score (nSPS) is 11.3. The first-order valence-electron chi connectivity index (χ1n) is 6.04. The number of thiophene rings is 1. The fourth-order valence-corrected chi connectivity index (χ4v) is 4.18. The molecule has 2 aromatic rings. The van der Waals surface area contributed by atoms with E-state index in [0.29, 0.717) is 0 Å². The van der Waals surface area contributed by atoms with Gasteiger partial charge >= 0.3 is 0 Å². The predicted octanol–water partition coefficient (Wildman–Crippen LogP) is 2.88. The van der Waals surface area contributed by atoms with E-state index in [2.05, 4.69) is 4.72 Å². The van der Waals surface area contributed by atoms with Gasteiger partial charge in [0.2, 0.25) is 0 Å². The molecule has 0 fully saturated rings. The third-order valence-corrected chi connectivity index (χ3v) is 6.06. The molecule has 0 amide bonds. The molecule has 1 aromatic heterocycles. The molecular weight excluding hydrogens is 331 g/mol. The van der Waals surface area contributed by atoms with Crippen molar-refractivity contribution in [3.63, 3.8) is 0 Å². The van der Waals surface area contributed by atoms with Crippen LogP contribution in [0, 0.1) is 5.82 Å². The number of halogens is 1. The molecule has 8 heteroatoms. The highest BCUT2D eigenvalue weighted by Gasteiger charge is 2.17. The Morgan fingerprint density at radius 1 is 1.38 bits per heavy atom. The van der Waals surface area contributed by atoms with Crippen molar-refractivity contribution in [3.05, 3.63) is 46.6 Å². The third kappa shape index (κ3) is 3.58. The summed E-state index contributed by atoms with van der Waals surface area (Å²) in [6.07, 6.45) is 0.766. The minimum atomic E-state index is -3.70. The van der Waals surface area contributed by atoms with E-state index in [1.165, 1.54) is 23.5 Å². The zero-order valence-corrected chi connectivity index (χ0v) is 13.5. The minimum absolute atomic E-state index is 0.00521. The number of nitrogens with one attached hydrogen (secondary N) is 1. The topological polar surface area (TPSA) is 72.2 Å². The largest absolute Gasteiger partial charge is 0.389 e. The van der Waals surface area contributed by atoms with E-state index < -0.39 is 15.8 Å². The SMILES string of the molecule is CCc1ccc(S(=O)(=O)Nc2ccc(F)c(C(N)=S)c2)s1. The molecule has 0 saturated heterocycles. The average molecular weight is 344 g/mol. The second-order valence-corrected chi connectivity index (χ2v) is 7.76. The predicted molar refractivity (Wildman–Crippen MR) is 86.8 cm³/mol. The lowest BCUT2D eigenvalue weighted by Crippen LogP contribution is -2.15. The summed E-state index contributed by atoms with van der Waals surface area (Å²) in [5, 5.41) is 0. The number of aryl methyl sites for hydroxylation is 1. The molecule has 2 rings (SSSR count). The summed E-state index contributed by atoms with van der Waals surface area (Å²) in [6, 6.07) is 7.04. The molecule has 0 aliphatic carbocycles. The van der Waals surface area contributed by atoms with E-state index in [1.807, 2.05) is 6.92 Å². The molecule has 1 aromatic carbocycles. The van der Waals surface area contributed by atoms with E-state index in [4.69, 9.17) is 18.0 Å². The van der Waals surface area contributed by atoms with Crippen molar-refractivity contribution in [2.24, 2.45) is 5.73 Å². The van der Waals surface area contributed by atoms with E-state index in [9.17, 15) is 12.8 Å². The summed E-state index contributed by atoms with van der Waals surface area (Å²) in [5.41, 5.74) is 5.61. The lowest BCUT2D eigenvalue weighted by Gasteiger charge is -2.08. The average Bonchev–Trinajstić information content (AvgIpc) is 2.90. The van der Waals surface area contributed by atoms with Gasteiger partial charge in [0.1, 0.15) is 15.0 Å². The lowest BCUT2D eigenvalue weighted by atomic mass is 10.2. The van der Waals surface area contributed by atoms with Gasteiger partial charge in [0.25, 0.3) is 10.0 Å². The summed E-state index contributed by atoms with van der Waals surface area (Å²) in [5.74, 6) is -0.588. The van der Waals surface area contributed by atoms with Crippen molar-refractivity contribution in [2.75, 3.05) is 4.72 Å². The van der Waals surface area contributed by atoms with Gasteiger partial charge in [-0.05, 0) is 36.8 Å². The number of anilines is 1. The Hall–Kier alpha value is -1.51. The number of benzene rings is 1. The Labute approximate surface area is 131 Å². The Morgan fingerprint density at radius 3 is 2.67 bits per heavy atom. The molecule has 0 unspecified atom stereocenters. The van der Waals surface area contributed by atoms with Crippen LogP contribution in [0.4, 0.5) is 10.1 Å². The number of nitrogens with two attached hydrogens (primary N) is 1. The molecular formula is C13H13FN2O2S3. The Kier molecular flexibility index (Phi) is 4.60. The van der Waals surface area contributed by atoms with Crippen molar-refractivity contribution in [1.29, 1.82) is 0 Å². The first-order chi connectivity index (χ1) is 9.83. The Balaban J connectivity index is 2.32. The first kappa shape index (κ1) is 15.9. The quantitative estimate of drug-likeness (QED) is 0.818. The fourth-order valence-electron chi connectivity index (χ4n) is 1.68. The van der Waals surface area contributed by atoms with E-state index in [0.717, 1.165) is 17.4 Å². The maximum absolute atomic E-state index is 13.5. The molecule has 4 nitrogen and oxygen atoms in total. The van der Waals surface area contributed by atoms with Crippen LogP contribution < -0.4 is 10.5 Å². The molecule has 3 N–H and O–H groups in total. The van der Waals surface area contributed by atoms with E-state index >= 15 is 0 Å². The van der Waals surface area contributed by atoms with Crippen LogP contribution in [0.1, 0.15) is 17.4 Å². The highest BCUT2D eigenvalue weighted by Crippen LogP contribution is 2.25. The lowest BCUT2D eigenvalue weighted by molar-refractivity contribution is 0.603. The second kappa shape index (κ2) is 6.08. The van der Waals surface area contributed by atoms with Gasteiger partial charge in [0.15, 0.2) is 0 Å². The molecule has 0 radical (unpaired) electrons. The summed E-state index contributed by atoms with van der Waals surface area (Å²) in [4.78, 5) is 0.844. The molecule has 0 atom stereocenters. The third-order valence-electron chi connectivity index (χ3n) is 2.73. The fraction of sp³-hybridized carbons (Fsp3) is 0.154. The van der Waals surface area contributed by atoms with Gasteiger partial charge in [-0.3, -0.25) is 4.72 Å². The van der Waals surface area contributed by atoms with Crippen LogP contribution in [-0.4, -0.2) is 13.4 Å². The van der Waals surface area contributed by atoms with Crippen LogP contribution in [0.2, 0.25) is 0 Å². The van der Waals surface area contributed by atoms with Crippen LogP contribution >= 0.6 is 23.6 Å². The molecule has 0 bridgehead atoms. The van der Waals surface area contributed by atoms with Gasteiger partial charge in [-0.15, -0.1) is 11.3 Å². The molecule has 0 spiro atoms. The molecule has 21 heavy (non-hydrogen) atoms. The van der Waals surface area contributed by atoms with E-state index in [1.54, 1.807) is 12.1 Å². The van der Waals surface area contributed by atoms with Crippen molar-refractivity contribution in [3.8, 4) is 0 Å². The smallest absolute Gasteiger partial charge is 0.271 e. The first-order valence-corrected chi connectivity index (χ1v) is 8.75. The number of thiocarbonyl (C=S) groups is 1. The highest BCUT2D eigenvalue weighted by atomic mass is 32.2. The van der Waals surface area contributed by atoms with Gasteiger partial charge in [-0.1, -0.05) is 19.1 Å². The second-order valence-electron chi connectivity index (χ2n) is 4.24. The van der Waals surface area contributed by atoms with Gasteiger partial charge in [-0.2, -0.15) is 0 Å². The van der Waals surface area contributed by atoms with Crippen molar-refractivity contribution in [1.82, 2.24) is 0 Å². The molecule has 112 valence electrons. The van der Waals surface area contributed by atoms with Crippen LogP contribution in [0.3, 0.4) is 0 Å². The highest BCUT2D eigenvalue weighted by molar-refractivity contribution is 7.94. The maximum Gasteiger partial charge on any atom is 0.271 e. The Bertz CT molecular complexity index is 784. The Morgan fingerprint density at radius 2 is 2.10 bits per heavy atom. The standard InChI is InChI=1S/C13H13FN2O2S3/c1-2-9-4-6-12(20-9)21(17,18)16-8-3-5-11(14)10(7-8)13(15)19/h3-7,16H,2H2,1H3,(H2,15,19).